The first-order valence-corrected chi connectivity index (χ1v) is 13.6. The number of hydrogen-bond acceptors (Lipinski definition) is 8. The van der Waals surface area contributed by atoms with E-state index in [9.17, 15) is 9.59 Å². The van der Waals surface area contributed by atoms with Gasteiger partial charge in [0.15, 0.2) is 0 Å². The van der Waals surface area contributed by atoms with Crippen molar-refractivity contribution in [3.05, 3.63) is 63.5 Å². The number of unbranched alkanes of at least 4 members (excludes halogenated alkanes) is 2. The molecule has 218 valence electrons. The number of likely N-dealkylation sites (N-methyl/N-ethyl adjacent to an activating group) is 1. The van der Waals surface area contributed by atoms with Crippen LogP contribution in [-0.4, -0.2) is 52.6 Å². The molecular formula is C29H48N6O4. The number of nitrogens with zero attached hydrogens (tertiary/aromatic N) is 4. The van der Waals surface area contributed by atoms with Crippen molar-refractivity contribution < 1.29 is 14.7 Å². The molecule has 0 aliphatic rings. The molecule has 39 heavy (non-hydrogen) atoms. The molecule has 0 saturated heterocycles. The number of rotatable bonds is 13. The highest BCUT2D eigenvalue weighted by Crippen LogP contribution is 2.23. The number of carboxylic acids is 1. The molecule has 0 bridgehead atoms. The Kier molecular flexibility index (Phi) is 17.6. The van der Waals surface area contributed by atoms with Gasteiger partial charge in [-0.3, -0.25) is 9.59 Å². The number of aromatic nitrogens is 2. The Balaban J connectivity index is 0.00000220. The average Bonchev–Trinajstić information content (AvgIpc) is 2.91. The predicted molar refractivity (Wildman–Crippen MR) is 159 cm³/mol. The number of carboxylic acid groups (broad SMARTS) is 1. The second kappa shape index (κ2) is 19.4. The molecule has 0 atom stereocenters. The molecular weight excluding hydrogens is 496 g/mol. The minimum absolute atomic E-state index is 0.101. The molecule has 0 aliphatic carbocycles. The number of hydrazine groups is 1. The molecule has 0 aromatic carbocycles. The minimum Gasteiger partial charge on any atom is -0.481 e. The Hall–Kier alpha value is -3.66. The van der Waals surface area contributed by atoms with E-state index in [4.69, 9.17) is 26.5 Å². The Morgan fingerprint density at radius 3 is 2.31 bits per heavy atom. The lowest BCUT2D eigenvalue weighted by atomic mass is 10.1. The Morgan fingerprint density at radius 1 is 1.13 bits per heavy atom. The van der Waals surface area contributed by atoms with Gasteiger partial charge in [0.2, 0.25) is 0 Å². The van der Waals surface area contributed by atoms with Crippen molar-refractivity contribution in [2.45, 2.75) is 79.7 Å². The third-order valence-electron chi connectivity index (χ3n) is 5.68. The van der Waals surface area contributed by atoms with Gasteiger partial charge in [-0.25, -0.2) is 10.8 Å². The number of carbonyl (C=O) groups is 2. The normalized spacial score (nSPS) is 10.8. The smallest absolute Gasteiger partial charge is 0.300 e. The monoisotopic (exact) mass is 544 g/mol. The van der Waals surface area contributed by atoms with Gasteiger partial charge in [0.25, 0.3) is 11.5 Å². The zero-order chi connectivity index (χ0) is 30.0. The Bertz CT molecular complexity index is 1110. The van der Waals surface area contributed by atoms with E-state index in [1.807, 2.05) is 45.3 Å². The van der Waals surface area contributed by atoms with Crippen LogP contribution in [0.2, 0.25) is 0 Å². The second-order valence-electron chi connectivity index (χ2n) is 8.84. The van der Waals surface area contributed by atoms with Crippen LogP contribution in [0.25, 0.3) is 5.70 Å². The highest BCUT2D eigenvalue weighted by atomic mass is 16.4. The molecule has 0 spiro atoms. The topological polar surface area (TPSA) is 148 Å². The van der Waals surface area contributed by atoms with Crippen molar-refractivity contribution in [2.24, 2.45) is 11.6 Å². The number of aliphatic carboxylic acids is 1. The maximum atomic E-state index is 12.4. The number of nitrogens with two attached hydrogens (primary N) is 2. The summed E-state index contributed by atoms with van der Waals surface area (Å²) >= 11 is 0. The lowest BCUT2D eigenvalue weighted by Crippen LogP contribution is -2.33. The Morgan fingerprint density at radius 2 is 1.77 bits per heavy atom. The molecule has 2 heterocycles. The van der Waals surface area contributed by atoms with E-state index in [2.05, 4.69) is 18.7 Å². The summed E-state index contributed by atoms with van der Waals surface area (Å²) in [5.41, 5.74) is 11.2. The van der Waals surface area contributed by atoms with E-state index in [-0.39, 0.29) is 12.1 Å². The average molecular weight is 545 g/mol. The summed E-state index contributed by atoms with van der Waals surface area (Å²) in [7, 11) is 3.75. The number of carbonyl (C=O) groups excluding carboxylic acids is 1. The zero-order valence-electron chi connectivity index (χ0n) is 24.7. The van der Waals surface area contributed by atoms with Gasteiger partial charge in [0, 0.05) is 46.2 Å². The van der Waals surface area contributed by atoms with Gasteiger partial charge in [-0.05, 0) is 43.4 Å². The molecule has 2 rings (SSSR count). The minimum atomic E-state index is -0.833. The van der Waals surface area contributed by atoms with Crippen molar-refractivity contribution in [3.8, 4) is 0 Å². The number of allylic oxidation sites excluding steroid dienone is 1. The number of pyridine rings is 2. The molecule has 0 radical (unpaired) electrons. The summed E-state index contributed by atoms with van der Waals surface area (Å²) in [4.78, 5) is 39.0. The molecule has 2 aromatic heterocycles. The first kappa shape index (κ1) is 35.3. The van der Waals surface area contributed by atoms with Crippen molar-refractivity contribution in [1.29, 1.82) is 0 Å². The first-order valence-electron chi connectivity index (χ1n) is 13.6. The van der Waals surface area contributed by atoms with E-state index >= 15 is 0 Å². The SMILES string of the molecule is CC.CC(=O)O.CCCc1ccc(=O)n(C/C(=C(/N)c2ccc(N(C)CCCCC=O)c(CC)n2)N(C)N)c1. The van der Waals surface area contributed by atoms with Gasteiger partial charge >= 0.3 is 0 Å². The van der Waals surface area contributed by atoms with Gasteiger partial charge < -0.3 is 30.1 Å². The number of anilines is 1. The van der Waals surface area contributed by atoms with Crippen LogP contribution in [0.3, 0.4) is 0 Å². The van der Waals surface area contributed by atoms with Crippen molar-refractivity contribution in [1.82, 2.24) is 14.6 Å². The van der Waals surface area contributed by atoms with Crippen LogP contribution in [0.15, 0.2) is 41.0 Å². The standard InChI is InChI=1S/C25H38N6O2.C2H4O2.C2H6/c1-5-10-19-11-14-24(33)31(17-19)18-23(30(4)27)25(26)21-12-13-22(20(6-2)28-21)29(3)15-8-7-9-16-32;1-2(3)4;1-2/h11-14,16-17H,5-10,15,18,26-27H2,1-4H3;1H3,(H,3,4);1-2H3/b25-23-;;. The maximum Gasteiger partial charge on any atom is 0.300 e. The molecule has 0 aliphatic heterocycles. The van der Waals surface area contributed by atoms with Crippen molar-refractivity contribution in [2.75, 3.05) is 25.5 Å². The number of hydrogen-bond donors (Lipinski definition) is 3. The third kappa shape index (κ3) is 12.6. The van der Waals surface area contributed by atoms with Crippen molar-refractivity contribution in [3.63, 3.8) is 0 Å². The summed E-state index contributed by atoms with van der Waals surface area (Å²) in [6.45, 7) is 10.4. The number of aryl methyl sites for hydroxylation is 2. The highest BCUT2D eigenvalue weighted by Gasteiger charge is 2.15. The molecule has 10 heteroatoms. The fourth-order valence-electron chi connectivity index (χ4n) is 3.79. The van der Waals surface area contributed by atoms with Crippen LogP contribution in [0, 0.1) is 0 Å². The summed E-state index contributed by atoms with van der Waals surface area (Å²) in [5.74, 6) is 5.28. The van der Waals surface area contributed by atoms with E-state index < -0.39 is 5.97 Å². The van der Waals surface area contributed by atoms with Crippen LogP contribution < -0.4 is 22.0 Å². The summed E-state index contributed by atoms with van der Waals surface area (Å²) in [5, 5.41) is 8.87. The van der Waals surface area contributed by atoms with Gasteiger partial charge in [-0.2, -0.15) is 0 Å². The molecule has 0 saturated carbocycles. The van der Waals surface area contributed by atoms with E-state index in [0.717, 1.165) is 68.8 Å². The quantitative estimate of drug-likeness (QED) is 0.148. The molecule has 0 unspecified atom stereocenters. The fraction of sp³-hybridized carbons (Fsp3) is 0.517. The van der Waals surface area contributed by atoms with Crippen LogP contribution in [-0.2, 0) is 29.0 Å². The summed E-state index contributed by atoms with van der Waals surface area (Å²) < 4.78 is 1.64. The largest absolute Gasteiger partial charge is 0.481 e. The predicted octanol–water partition coefficient (Wildman–Crippen LogP) is 3.81. The molecule has 5 N–H and O–H groups in total. The second-order valence-corrected chi connectivity index (χ2v) is 8.84. The van der Waals surface area contributed by atoms with Gasteiger partial charge in [-0.1, -0.05) is 40.2 Å². The van der Waals surface area contributed by atoms with Crippen LogP contribution >= 0.6 is 0 Å². The van der Waals surface area contributed by atoms with Crippen LogP contribution in [0.4, 0.5) is 5.69 Å². The van der Waals surface area contributed by atoms with Gasteiger partial charge in [-0.15, -0.1) is 0 Å². The molecule has 0 fully saturated rings. The van der Waals surface area contributed by atoms with E-state index in [1.54, 1.807) is 17.7 Å². The number of aldehydes is 1. The maximum absolute atomic E-state index is 12.4. The van der Waals surface area contributed by atoms with Crippen LogP contribution in [0.5, 0.6) is 0 Å². The molecule has 10 nitrogen and oxygen atoms in total. The van der Waals surface area contributed by atoms with Gasteiger partial charge in [0.1, 0.15) is 6.29 Å². The molecule has 0 amide bonds. The zero-order valence-corrected chi connectivity index (χ0v) is 24.7. The third-order valence-corrected chi connectivity index (χ3v) is 5.68. The summed E-state index contributed by atoms with van der Waals surface area (Å²) in [6.07, 6.45) is 7.89. The lowest BCUT2D eigenvalue weighted by Gasteiger charge is -2.24. The summed E-state index contributed by atoms with van der Waals surface area (Å²) in [6, 6.07) is 7.37. The van der Waals surface area contributed by atoms with Crippen molar-refractivity contribution >= 4 is 23.6 Å². The fourth-order valence-corrected chi connectivity index (χ4v) is 3.79. The lowest BCUT2D eigenvalue weighted by molar-refractivity contribution is -0.134. The highest BCUT2D eigenvalue weighted by molar-refractivity contribution is 5.65. The van der Waals surface area contributed by atoms with E-state index in [0.29, 0.717) is 23.5 Å². The van der Waals surface area contributed by atoms with E-state index in [1.165, 1.54) is 5.01 Å². The Labute approximate surface area is 233 Å². The molecule has 2 aromatic rings. The first-order chi connectivity index (χ1) is 18.5. The van der Waals surface area contributed by atoms with Crippen LogP contribution in [0.1, 0.15) is 77.3 Å². The van der Waals surface area contributed by atoms with Gasteiger partial charge in [0.05, 0.1) is 35.0 Å².